The van der Waals surface area contributed by atoms with E-state index in [1.807, 2.05) is 20.8 Å². The quantitative estimate of drug-likeness (QED) is 0.718. The van der Waals surface area contributed by atoms with Crippen LogP contribution in [0.1, 0.15) is 31.7 Å². The summed E-state index contributed by atoms with van der Waals surface area (Å²) in [5.41, 5.74) is -0.492. The largest absolute Gasteiger partial charge is 0.479 e. The summed E-state index contributed by atoms with van der Waals surface area (Å²) in [5, 5.41) is 16.0. The minimum Gasteiger partial charge on any atom is -0.479 e. The van der Waals surface area contributed by atoms with Crippen molar-refractivity contribution in [2.45, 2.75) is 32.4 Å². The molecule has 1 unspecified atom stereocenters. The van der Waals surface area contributed by atoms with Gasteiger partial charge in [-0.3, -0.25) is 0 Å². The van der Waals surface area contributed by atoms with Gasteiger partial charge < -0.3 is 20.5 Å². The van der Waals surface area contributed by atoms with E-state index in [1.165, 1.54) is 11.3 Å². The molecule has 0 aliphatic carbocycles. The van der Waals surface area contributed by atoms with Gasteiger partial charge in [0.25, 0.3) is 0 Å². The van der Waals surface area contributed by atoms with Gasteiger partial charge in [0.2, 0.25) is 0 Å². The van der Waals surface area contributed by atoms with Crippen molar-refractivity contribution in [1.29, 1.82) is 0 Å². The zero-order chi connectivity index (χ0) is 15.2. The van der Waals surface area contributed by atoms with E-state index in [4.69, 9.17) is 9.84 Å². The van der Waals surface area contributed by atoms with E-state index in [0.717, 1.165) is 0 Å². The molecule has 0 aromatic carbocycles. The van der Waals surface area contributed by atoms with Gasteiger partial charge in [-0.15, -0.1) is 11.3 Å². The lowest BCUT2D eigenvalue weighted by Crippen LogP contribution is -2.46. The number of carbonyl (C=O) groups excluding carboxylic acids is 1. The number of aliphatic carboxylic acids is 1. The molecule has 1 aromatic heterocycles. The number of hydrogen-bond acceptors (Lipinski definition) is 4. The Labute approximate surface area is 122 Å². The van der Waals surface area contributed by atoms with Crippen molar-refractivity contribution in [3.8, 4) is 0 Å². The third kappa shape index (κ3) is 5.18. The van der Waals surface area contributed by atoms with Crippen molar-refractivity contribution < 1.29 is 19.4 Å². The average Bonchev–Trinajstić information content (AvgIpc) is 2.86. The summed E-state index contributed by atoms with van der Waals surface area (Å²) in [4.78, 5) is 23.5. The number of nitrogens with one attached hydrogen (secondary N) is 2. The standard InChI is InChI=1S/C13H20N2O4S/c1-4-19-13(2,3)8-14-12(18)15-10(11(16)17)9-6-5-7-20-9/h5-7,10H,4,8H2,1-3H3,(H,16,17)(H2,14,15,18). The minimum atomic E-state index is -1.09. The Morgan fingerprint density at radius 1 is 1.50 bits per heavy atom. The third-order valence-corrected chi connectivity index (χ3v) is 3.50. The van der Waals surface area contributed by atoms with E-state index in [1.54, 1.807) is 17.5 Å². The first-order valence-electron chi connectivity index (χ1n) is 6.30. The Morgan fingerprint density at radius 3 is 2.70 bits per heavy atom. The van der Waals surface area contributed by atoms with Crippen LogP contribution in [0.3, 0.4) is 0 Å². The first kappa shape index (κ1) is 16.5. The number of thiophene rings is 1. The van der Waals surface area contributed by atoms with Gasteiger partial charge in [0.05, 0.1) is 5.60 Å². The molecule has 3 N–H and O–H groups in total. The molecule has 0 fully saturated rings. The molecule has 0 saturated heterocycles. The predicted octanol–water partition coefficient (Wildman–Crippen LogP) is 1.99. The summed E-state index contributed by atoms with van der Waals surface area (Å²) in [6, 6.07) is 1.85. The summed E-state index contributed by atoms with van der Waals surface area (Å²) in [7, 11) is 0. The van der Waals surface area contributed by atoms with Crippen LogP contribution in [0.2, 0.25) is 0 Å². The van der Waals surface area contributed by atoms with Gasteiger partial charge in [0, 0.05) is 18.0 Å². The van der Waals surface area contributed by atoms with Crippen LogP contribution < -0.4 is 10.6 Å². The number of rotatable bonds is 7. The first-order valence-corrected chi connectivity index (χ1v) is 7.18. The highest BCUT2D eigenvalue weighted by molar-refractivity contribution is 7.10. The monoisotopic (exact) mass is 300 g/mol. The van der Waals surface area contributed by atoms with E-state index < -0.39 is 23.6 Å². The molecule has 0 radical (unpaired) electrons. The van der Waals surface area contributed by atoms with E-state index >= 15 is 0 Å². The lowest BCUT2D eigenvalue weighted by Gasteiger charge is -2.25. The highest BCUT2D eigenvalue weighted by Gasteiger charge is 2.24. The smallest absolute Gasteiger partial charge is 0.331 e. The molecule has 1 atom stereocenters. The predicted molar refractivity (Wildman–Crippen MR) is 76.9 cm³/mol. The molecule has 2 amide bonds. The van der Waals surface area contributed by atoms with Crippen LogP contribution in [0.4, 0.5) is 4.79 Å². The number of amides is 2. The summed E-state index contributed by atoms with van der Waals surface area (Å²) in [6.45, 7) is 6.42. The Bertz CT molecular complexity index is 445. The number of carbonyl (C=O) groups is 2. The Morgan fingerprint density at radius 2 is 2.20 bits per heavy atom. The maximum atomic E-state index is 11.8. The van der Waals surface area contributed by atoms with E-state index in [9.17, 15) is 9.59 Å². The molecule has 0 aliphatic rings. The molecule has 20 heavy (non-hydrogen) atoms. The van der Waals surface area contributed by atoms with E-state index in [2.05, 4.69) is 10.6 Å². The second-order valence-corrected chi connectivity index (χ2v) is 5.79. The van der Waals surface area contributed by atoms with Crippen LogP contribution in [-0.2, 0) is 9.53 Å². The van der Waals surface area contributed by atoms with Gasteiger partial charge in [0.15, 0.2) is 6.04 Å². The number of carboxylic acids is 1. The molecule has 1 aromatic rings. The average molecular weight is 300 g/mol. The van der Waals surface area contributed by atoms with Crippen LogP contribution in [0.15, 0.2) is 17.5 Å². The van der Waals surface area contributed by atoms with Crippen molar-refractivity contribution >= 4 is 23.3 Å². The molecular formula is C13H20N2O4S. The zero-order valence-electron chi connectivity index (χ0n) is 11.8. The molecular weight excluding hydrogens is 280 g/mol. The SMILES string of the molecule is CCOC(C)(C)CNC(=O)NC(C(=O)O)c1cccs1. The summed E-state index contributed by atoms with van der Waals surface area (Å²) in [6.07, 6.45) is 0. The Balaban J connectivity index is 2.54. The number of ether oxygens (including phenoxy) is 1. The van der Waals surface area contributed by atoms with Crippen LogP contribution >= 0.6 is 11.3 Å². The van der Waals surface area contributed by atoms with Crippen molar-refractivity contribution in [3.05, 3.63) is 22.4 Å². The van der Waals surface area contributed by atoms with Crippen LogP contribution in [-0.4, -0.2) is 35.9 Å². The number of urea groups is 1. The molecule has 7 heteroatoms. The van der Waals surface area contributed by atoms with E-state index in [-0.39, 0.29) is 0 Å². The van der Waals surface area contributed by atoms with Crippen LogP contribution in [0.5, 0.6) is 0 Å². The summed E-state index contributed by atoms with van der Waals surface area (Å²) < 4.78 is 5.45. The lowest BCUT2D eigenvalue weighted by molar-refractivity contribution is -0.139. The molecule has 1 heterocycles. The number of hydrogen-bond donors (Lipinski definition) is 3. The Hall–Kier alpha value is -1.60. The molecule has 0 bridgehead atoms. The maximum absolute atomic E-state index is 11.8. The highest BCUT2D eigenvalue weighted by Crippen LogP contribution is 2.19. The normalized spacial score (nSPS) is 12.8. The lowest BCUT2D eigenvalue weighted by atomic mass is 10.1. The van der Waals surface area contributed by atoms with Crippen molar-refractivity contribution in [3.63, 3.8) is 0 Å². The van der Waals surface area contributed by atoms with Crippen molar-refractivity contribution in [2.24, 2.45) is 0 Å². The second kappa shape index (κ2) is 7.25. The van der Waals surface area contributed by atoms with Crippen LogP contribution in [0, 0.1) is 0 Å². The van der Waals surface area contributed by atoms with Gasteiger partial charge in [-0.05, 0) is 32.2 Å². The minimum absolute atomic E-state index is 0.295. The molecule has 112 valence electrons. The highest BCUT2D eigenvalue weighted by atomic mass is 32.1. The topological polar surface area (TPSA) is 87.7 Å². The second-order valence-electron chi connectivity index (χ2n) is 4.81. The van der Waals surface area contributed by atoms with Gasteiger partial charge in [-0.1, -0.05) is 6.07 Å². The summed E-state index contributed by atoms with van der Waals surface area (Å²) in [5.74, 6) is -1.09. The zero-order valence-corrected chi connectivity index (χ0v) is 12.6. The number of carboxylic acid groups (broad SMARTS) is 1. The van der Waals surface area contributed by atoms with Gasteiger partial charge in [-0.2, -0.15) is 0 Å². The van der Waals surface area contributed by atoms with Gasteiger partial charge >= 0.3 is 12.0 Å². The fourth-order valence-electron chi connectivity index (χ4n) is 1.63. The van der Waals surface area contributed by atoms with Crippen molar-refractivity contribution in [2.75, 3.05) is 13.2 Å². The fraction of sp³-hybridized carbons (Fsp3) is 0.538. The van der Waals surface area contributed by atoms with Gasteiger partial charge in [-0.25, -0.2) is 9.59 Å². The maximum Gasteiger partial charge on any atom is 0.331 e. The van der Waals surface area contributed by atoms with E-state index in [0.29, 0.717) is 18.0 Å². The third-order valence-electron chi connectivity index (χ3n) is 2.56. The Kier molecular flexibility index (Phi) is 5.97. The fourth-order valence-corrected chi connectivity index (χ4v) is 2.39. The molecule has 0 spiro atoms. The van der Waals surface area contributed by atoms with Gasteiger partial charge in [0.1, 0.15) is 0 Å². The molecule has 1 rings (SSSR count). The molecule has 6 nitrogen and oxygen atoms in total. The molecule has 0 saturated carbocycles. The van der Waals surface area contributed by atoms with Crippen LogP contribution in [0.25, 0.3) is 0 Å². The molecule has 0 aliphatic heterocycles. The van der Waals surface area contributed by atoms with Crippen molar-refractivity contribution in [1.82, 2.24) is 10.6 Å². The summed E-state index contributed by atoms with van der Waals surface area (Å²) >= 11 is 1.29. The first-order chi connectivity index (χ1) is 9.35.